The van der Waals surface area contributed by atoms with Gasteiger partial charge in [-0.15, -0.1) is 13.2 Å². The summed E-state index contributed by atoms with van der Waals surface area (Å²) in [7, 11) is 0. The highest BCUT2D eigenvalue weighted by molar-refractivity contribution is 5.41. The minimum absolute atomic E-state index is 0.191. The summed E-state index contributed by atoms with van der Waals surface area (Å²) in [6.45, 7) is 7.47. The van der Waals surface area contributed by atoms with Crippen molar-refractivity contribution in [1.82, 2.24) is 10.2 Å². The number of nitrogens with zero attached hydrogens (tertiary/aromatic N) is 1. The Labute approximate surface area is 186 Å². The predicted molar refractivity (Wildman–Crippen MR) is 119 cm³/mol. The highest BCUT2D eigenvalue weighted by Gasteiger charge is 2.31. The standard InChI is InChI=1S/C26H27F3N2O/c1-18-12-21(14-30-19(2)22-6-4-3-5-7-22)13-23-16-31(17-25(18)23)15-20-8-10-24(11-9-20)32-26(27,28)29/h3-13,19,30H,14-17H2,1-2H3. The van der Waals surface area contributed by atoms with Crippen LogP contribution in [0.4, 0.5) is 13.2 Å². The SMILES string of the molecule is Cc1cc(CNC(C)c2ccccc2)cc2c1CN(Cc1ccc(OC(F)(F)F)cc1)C2. The fourth-order valence-corrected chi connectivity index (χ4v) is 4.26. The maximum atomic E-state index is 12.3. The fraction of sp³-hybridized carbons (Fsp3) is 0.308. The summed E-state index contributed by atoms with van der Waals surface area (Å²) in [5, 5.41) is 3.60. The predicted octanol–water partition coefficient (Wildman–Crippen LogP) is 6.26. The molecule has 1 heterocycles. The largest absolute Gasteiger partial charge is 0.573 e. The molecule has 0 saturated carbocycles. The zero-order valence-electron chi connectivity index (χ0n) is 18.2. The molecule has 0 spiro atoms. The van der Waals surface area contributed by atoms with E-state index >= 15 is 0 Å². The molecule has 0 amide bonds. The van der Waals surface area contributed by atoms with Crippen LogP contribution in [0.25, 0.3) is 0 Å². The van der Waals surface area contributed by atoms with Crippen molar-refractivity contribution in [1.29, 1.82) is 0 Å². The Morgan fingerprint density at radius 1 is 0.969 bits per heavy atom. The molecule has 3 aromatic carbocycles. The maximum Gasteiger partial charge on any atom is 0.573 e. The highest BCUT2D eigenvalue weighted by atomic mass is 19.4. The number of fused-ring (bicyclic) bond motifs is 1. The lowest BCUT2D eigenvalue weighted by Gasteiger charge is -2.15. The van der Waals surface area contributed by atoms with E-state index in [1.54, 1.807) is 12.1 Å². The van der Waals surface area contributed by atoms with Gasteiger partial charge >= 0.3 is 6.36 Å². The van der Waals surface area contributed by atoms with Crippen LogP contribution in [-0.2, 0) is 26.2 Å². The second-order valence-electron chi connectivity index (χ2n) is 8.40. The number of ether oxygens (including phenoxy) is 1. The number of halogens is 3. The van der Waals surface area contributed by atoms with Gasteiger partial charge < -0.3 is 10.1 Å². The Hall–Kier alpha value is -2.83. The molecule has 6 heteroatoms. The van der Waals surface area contributed by atoms with Crippen molar-refractivity contribution in [2.75, 3.05) is 0 Å². The van der Waals surface area contributed by atoms with E-state index in [1.807, 2.05) is 6.07 Å². The summed E-state index contributed by atoms with van der Waals surface area (Å²) in [5.74, 6) is -0.191. The van der Waals surface area contributed by atoms with Crippen molar-refractivity contribution in [3.63, 3.8) is 0 Å². The lowest BCUT2D eigenvalue weighted by atomic mass is 10.0. The van der Waals surface area contributed by atoms with Crippen LogP contribution in [0.1, 0.15) is 46.3 Å². The van der Waals surface area contributed by atoms with Crippen molar-refractivity contribution in [2.45, 2.75) is 52.4 Å². The van der Waals surface area contributed by atoms with Crippen molar-refractivity contribution >= 4 is 0 Å². The Kier molecular flexibility index (Phi) is 6.53. The fourth-order valence-electron chi connectivity index (χ4n) is 4.26. The minimum Gasteiger partial charge on any atom is -0.406 e. The smallest absolute Gasteiger partial charge is 0.406 e. The number of aryl methyl sites for hydroxylation is 1. The molecule has 0 aliphatic carbocycles. The molecule has 0 saturated heterocycles. The van der Waals surface area contributed by atoms with Gasteiger partial charge in [0.1, 0.15) is 5.75 Å². The Morgan fingerprint density at radius 2 is 1.69 bits per heavy atom. The number of alkyl halides is 3. The normalized spacial score (nSPS) is 14.9. The maximum absolute atomic E-state index is 12.3. The first-order chi connectivity index (χ1) is 15.3. The third-order valence-corrected chi connectivity index (χ3v) is 5.88. The number of hydrogen-bond acceptors (Lipinski definition) is 3. The topological polar surface area (TPSA) is 24.5 Å². The second-order valence-corrected chi connectivity index (χ2v) is 8.40. The van der Waals surface area contributed by atoms with Crippen LogP contribution in [0.15, 0.2) is 66.7 Å². The van der Waals surface area contributed by atoms with E-state index in [9.17, 15) is 13.2 Å². The van der Waals surface area contributed by atoms with Gasteiger partial charge in [0.05, 0.1) is 0 Å². The summed E-state index contributed by atoms with van der Waals surface area (Å²) < 4.78 is 41.0. The van der Waals surface area contributed by atoms with E-state index < -0.39 is 6.36 Å². The van der Waals surface area contributed by atoms with Crippen LogP contribution in [0.2, 0.25) is 0 Å². The molecule has 0 bridgehead atoms. The summed E-state index contributed by atoms with van der Waals surface area (Å²) in [4.78, 5) is 2.31. The van der Waals surface area contributed by atoms with Gasteiger partial charge in [-0.3, -0.25) is 4.90 Å². The van der Waals surface area contributed by atoms with Crippen LogP contribution in [-0.4, -0.2) is 11.3 Å². The molecule has 1 atom stereocenters. The first kappa shape index (κ1) is 22.4. The zero-order chi connectivity index (χ0) is 22.7. The Balaban J connectivity index is 1.36. The lowest BCUT2D eigenvalue weighted by molar-refractivity contribution is -0.274. The van der Waals surface area contributed by atoms with E-state index in [-0.39, 0.29) is 11.8 Å². The third kappa shape index (κ3) is 5.69. The Bertz CT molecular complexity index is 1050. The van der Waals surface area contributed by atoms with Crippen LogP contribution < -0.4 is 10.1 Å². The van der Waals surface area contributed by atoms with Gasteiger partial charge in [0.2, 0.25) is 0 Å². The summed E-state index contributed by atoms with van der Waals surface area (Å²) >= 11 is 0. The molecule has 1 aliphatic heterocycles. The molecule has 1 aliphatic rings. The van der Waals surface area contributed by atoms with Crippen LogP contribution in [0.3, 0.4) is 0 Å². The average Bonchev–Trinajstić information content (AvgIpc) is 3.16. The van der Waals surface area contributed by atoms with Gasteiger partial charge in [-0.1, -0.05) is 54.6 Å². The van der Waals surface area contributed by atoms with E-state index in [4.69, 9.17) is 0 Å². The summed E-state index contributed by atoms with van der Waals surface area (Å²) in [6.07, 6.45) is -4.67. The zero-order valence-corrected chi connectivity index (χ0v) is 18.2. The number of benzene rings is 3. The number of nitrogens with one attached hydrogen (secondary N) is 1. The molecule has 1 N–H and O–H groups in total. The van der Waals surface area contributed by atoms with Crippen molar-refractivity contribution in [2.24, 2.45) is 0 Å². The second kappa shape index (κ2) is 9.35. The van der Waals surface area contributed by atoms with Gasteiger partial charge in [0.25, 0.3) is 0 Å². The molecular weight excluding hydrogens is 413 g/mol. The molecule has 32 heavy (non-hydrogen) atoms. The van der Waals surface area contributed by atoms with E-state index in [0.717, 1.165) is 25.2 Å². The molecule has 4 rings (SSSR count). The van der Waals surface area contributed by atoms with Gasteiger partial charge in [-0.2, -0.15) is 0 Å². The number of rotatable bonds is 7. The monoisotopic (exact) mass is 440 g/mol. The molecule has 0 aromatic heterocycles. The number of hydrogen-bond donors (Lipinski definition) is 1. The lowest BCUT2D eigenvalue weighted by Crippen LogP contribution is -2.18. The van der Waals surface area contributed by atoms with Gasteiger partial charge in [-0.25, -0.2) is 0 Å². The third-order valence-electron chi connectivity index (χ3n) is 5.88. The van der Waals surface area contributed by atoms with Crippen LogP contribution >= 0.6 is 0 Å². The van der Waals surface area contributed by atoms with Crippen LogP contribution in [0, 0.1) is 6.92 Å². The molecule has 0 fully saturated rings. The molecule has 3 aromatic rings. The van der Waals surface area contributed by atoms with E-state index in [0.29, 0.717) is 6.54 Å². The van der Waals surface area contributed by atoms with Crippen LogP contribution in [0.5, 0.6) is 5.75 Å². The molecular formula is C26H27F3N2O. The van der Waals surface area contributed by atoms with E-state index in [2.05, 4.69) is 65.2 Å². The first-order valence-corrected chi connectivity index (χ1v) is 10.7. The molecule has 1 unspecified atom stereocenters. The van der Waals surface area contributed by atoms with Gasteiger partial charge in [0, 0.05) is 32.2 Å². The van der Waals surface area contributed by atoms with Crippen molar-refractivity contribution < 1.29 is 17.9 Å². The minimum atomic E-state index is -4.67. The molecule has 3 nitrogen and oxygen atoms in total. The van der Waals surface area contributed by atoms with Crippen molar-refractivity contribution in [3.05, 3.63) is 100 Å². The first-order valence-electron chi connectivity index (χ1n) is 10.7. The summed E-state index contributed by atoms with van der Waals surface area (Å²) in [6, 6.07) is 21.3. The van der Waals surface area contributed by atoms with E-state index in [1.165, 1.54) is 39.9 Å². The molecule has 168 valence electrons. The summed E-state index contributed by atoms with van der Waals surface area (Å²) in [5.41, 5.74) is 7.45. The highest BCUT2D eigenvalue weighted by Crippen LogP contribution is 2.29. The average molecular weight is 441 g/mol. The molecule has 0 radical (unpaired) electrons. The Morgan fingerprint density at radius 3 is 2.38 bits per heavy atom. The van der Waals surface area contributed by atoms with Gasteiger partial charge in [-0.05, 0) is 59.4 Å². The quantitative estimate of drug-likeness (QED) is 0.469. The van der Waals surface area contributed by atoms with Gasteiger partial charge in [0.15, 0.2) is 0 Å². The van der Waals surface area contributed by atoms with Crippen molar-refractivity contribution in [3.8, 4) is 5.75 Å².